The molecule has 0 bridgehead atoms. The molecule has 2 rings (SSSR count). The number of sulfonamides is 1. The molecule has 0 heterocycles. The number of benzene rings is 1. The number of esters is 1. The topological polar surface area (TPSA) is 113 Å². The number of carbonyl (C=O) groups is 2. The zero-order valence-corrected chi connectivity index (χ0v) is 15.7. The summed E-state index contributed by atoms with van der Waals surface area (Å²) in [4.78, 5) is 24.2. The number of hydrogen-bond acceptors (Lipinski definition) is 6. The number of methoxy groups -OCH3 is 1. The van der Waals surface area contributed by atoms with Crippen molar-refractivity contribution < 1.29 is 27.9 Å². The standard InChI is InChI=1S/C17H24N2O6S/c1-3-19(10-16(20)21)15-8-14(9-15)18-26(23,24)11-12-5-4-6-13(7-12)17(22)25-2/h4-7,14-15,18H,3,8-11H2,1-2H3,(H,20,21). The minimum atomic E-state index is -3.56. The molecule has 8 nitrogen and oxygen atoms in total. The fraction of sp³-hybridized carbons (Fsp3) is 0.529. The average Bonchev–Trinajstić information content (AvgIpc) is 2.54. The Morgan fingerprint density at radius 3 is 2.62 bits per heavy atom. The van der Waals surface area contributed by atoms with Gasteiger partial charge in [-0.1, -0.05) is 19.1 Å². The van der Waals surface area contributed by atoms with Crippen molar-refractivity contribution in [1.82, 2.24) is 9.62 Å². The van der Waals surface area contributed by atoms with Gasteiger partial charge in [0.25, 0.3) is 0 Å². The van der Waals surface area contributed by atoms with E-state index >= 15 is 0 Å². The van der Waals surface area contributed by atoms with Gasteiger partial charge in [0.15, 0.2) is 0 Å². The first-order valence-corrected chi connectivity index (χ1v) is 10.0. The van der Waals surface area contributed by atoms with Gasteiger partial charge in [-0.25, -0.2) is 17.9 Å². The van der Waals surface area contributed by atoms with Crippen LogP contribution in [0.3, 0.4) is 0 Å². The maximum Gasteiger partial charge on any atom is 0.337 e. The van der Waals surface area contributed by atoms with Crippen molar-refractivity contribution in [2.24, 2.45) is 0 Å². The molecule has 26 heavy (non-hydrogen) atoms. The van der Waals surface area contributed by atoms with Crippen LogP contribution in [-0.2, 0) is 25.3 Å². The van der Waals surface area contributed by atoms with Crippen molar-refractivity contribution in [1.29, 1.82) is 0 Å². The number of rotatable bonds is 9. The summed E-state index contributed by atoms with van der Waals surface area (Å²) >= 11 is 0. The fourth-order valence-corrected chi connectivity index (χ4v) is 4.48. The predicted octanol–water partition coefficient (Wildman–Crippen LogP) is 0.830. The number of hydrogen-bond donors (Lipinski definition) is 2. The number of likely N-dealkylation sites (N-methyl/N-ethyl adjacent to an activating group) is 1. The highest BCUT2D eigenvalue weighted by Gasteiger charge is 2.36. The Balaban J connectivity index is 1.91. The van der Waals surface area contributed by atoms with Crippen molar-refractivity contribution in [3.05, 3.63) is 35.4 Å². The number of nitrogens with zero attached hydrogens (tertiary/aromatic N) is 1. The number of carbonyl (C=O) groups excluding carboxylic acids is 1. The molecule has 0 aliphatic heterocycles. The van der Waals surface area contributed by atoms with E-state index in [-0.39, 0.29) is 24.4 Å². The lowest BCUT2D eigenvalue weighted by Gasteiger charge is -2.42. The highest BCUT2D eigenvalue weighted by molar-refractivity contribution is 7.88. The molecule has 1 fully saturated rings. The largest absolute Gasteiger partial charge is 0.480 e. The van der Waals surface area contributed by atoms with Crippen LogP contribution in [0.15, 0.2) is 24.3 Å². The quantitative estimate of drug-likeness (QED) is 0.606. The van der Waals surface area contributed by atoms with Crippen molar-refractivity contribution in [3.8, 4) is 0 Å². The lowest BCUT2D eigenvalue weighted by molar-refractivity contribution is -0.139. The van der Waals surface area contributed by atoms with Gasteiger partial charge in [0.2, 0.25) is 10.0 Å². The summed E-state index contributed by atoms with van der Waals surface area (Å²) < 4.78 is 32.0. The van der Waals surface area contributed by atoms with Crippen LogP contribution in [0.4, 0.5) is 0 Å². The van der Waals surface area contributed by atoms with Gasteiger partial charge in [0, 0.05) is 12.1 Å². The maximum atomic E-state index is 12.3. The lowest BCUT2D eigenvalue weighted by Crippen LogP contribution is -2.54. The van der Waals surface area contributed by atoms with E-state index in [1.54, 1.807) is 18.2 Å². The molecule has 0 spiro atoms. The third-order valence-corrected chi connectivity index (χ3v) is 5.83. The van der Waals surface area contributed by atoms with Gasteiger partial charge in [0.1, 0.15) is 0 Å². The second kappa shape index (κ2) is 8.61. The second-order valence-electron chi connectivity index (χ2n) is 6.35. The molecule has 0 amide bonds. The average molecular weight is 384 g/mol. The zero-order chi connectivity index (χ0) is 19.3. The van der Waals surface area contributed by atoms with E-state index in [9.17, 15) is 18.0 Å². The molecule has 1 saturated carbocycles. The molecular weight excluding hydrogens is 360 g/mol. The normalized spacial score (nSPS) is 19.8. The van der Waals surface area contributed by atoms with Crippen LogP contribution in [0.5, 0.6) is 0 Å². The molecule has 144 valence electrons. The van der Waals surface area contributed by atoms with Crippen LogP contribution in [0.25, 0.3) is 0 Å². The van der Waals surface area contributed by atoms with Crippen LogP contribution in [0.1, 0.15) is 35.7 Å². The minimum absolute atomic E-state index is 0.0407. The van der Waals surface area contributed by atoms with Crippen molar-refractivity contribution >= 4 is 22.0 Å². The Kier molecular flexibility index (Phi) is 6.74. The Bertz CT molecular complexity index is 758. The maximum absolute atomic E-state index is 12.3. The van der Waals surface area contributed by atoms with Gasteiger partial charge >= 0.3 is 11.9 Å². The van der Waals surface area contributed by atoms with E-state index in [0.29, 0.717) is 30.5 Å². The van der Waals surface area contributed by atoms with Crippen LogP contribution in [0, 0.1) is 0 Å². The van der Waals surface area contributed by atoms with E-state index in [2.05, 4.69) is 9.46 Å². The van der Waals surface area contributed by atoms with Crippen LogP contribution < -0.4 is 4.72 Å². The third-order valence-electron chi connectivity index (χ3n) is 4.43. The molecule has 1 aromatic carbocycles. The number of ether oxygens (including phenoxy) is 1. The van der Waals surface area contributed by atoms with Crippen molar-refractivity contribution in [2.45, 2.75) is 37.6 Å². The molecule has 9 heteroatoms. The summed E-state index contributed by atoms with van der Waals surface area (Å²) in [5.74, 6) is -1.63. The van der Waals surface area contributed by atoms with E-state index in [0.717, 1.165) is 0 Å². The van der Waals surface area contributed by atoms with Crippen LogP contribution in [0.2, 0.25) is 0 Å². The van der Waals surface area contributed by atoms with Gasteiger partial charge < -0.3 is 9.84 Å². The second-order valence-corrected chi connectivity index (χ2v) is 8.10. The van der Waals surface area contributed by atoms with Crippen LogP contribution in [-0.4, -0.2) is 62.6 Å². The smallest absolute Gasteiger partial charge is 0.337 e. The van der Waals surface area contributed by atoms with Gasteiger partial charge in [-0.05, 0) is 37.1 Å². The third kappa shape index (κ3) is 5.52. The van der Waals surface area contributed by atoms with Gasteiger partial charge in [0.05, 0.1) is 25.0 Å². The SMILES string of the molecule is CCN(CC(=O)O)C1CC(NS(=O)(=O)Cc2cccc(C(=O)OC)c2)C1. The summed E-state index contributed by atoms with van der Waals surface area (Å²) in [6.07, 6.45) is 1.17. The fourth-order valence-electron chi connectivity index (χ4n) is 3.08. The van der Waals surface area contributed by atoms with Gasteiger partial charge in [-0.3, -0.25) is 9.69 Å². The zero-order valence-electron chi connectivity index (χ0n) is 14.8. The van der Waals surface area contributed by atoms with E-state index in [1.165, 1.54) is 13.2 Å². The van der Waals surface area contributed by atoms with Gasteiger partial charge in [-0.15, -0.1) is 0 Å². The Morgan fingerprint density at radius 1 is 1.35 bits per heavy atom. The van der Waals surface area contributed by atoms with E-state index in [1.807, 2.05) is 11.8 Å². The number of carboxylic acid groups (broad SMARTS) is 1. The summed E-state index contributed by atoms with van der Waals surface area (Å²) in [6, 6.07) is 6.19. The molecule has 0 saturated heterocycles. The summed E-state index contributed by atoms with van der Waals surface area (Å²) in [7, 11) is -2.29. The highest BCUT2D eigenvalue weighted by atomic mass is 32.2. The Hall–Kier alpha value is -1.97. The minimum Gasteiger partial charge on any atom is -0.480 e. The highest BCUT2D eigenvalue weighted by Crippen LogP contribution is 2.26. The van der Waals surface area contributed by atoms with Crippen molar-refractivity contribution in [3.63, 3.8) is 0 Å². The molecule has 0 unspecified atom stereocenters. The first-order valence-electron chi connectivity index (χ1n) is 8.37. The molecule has 0 radical (unpaired) electrons. The molecule has 1 aliphatic carbocycles. The van der Waals surface area contributed by atoms with Gasteiger partial charge in [-0.2, -0.15) is 0 Å². The van der Waals surface area contributed by atoms with Crippen molar-refractivity contribution in [2.75, 3.05) is 20.2 Å². The monoisotopic (exact) mass is 384 g/mol. The lowest BCUT2D eigenvalue weighted by atomic mass is 9.86. The molecule has 0 atom stereocenters. The molecule has 2 N–H and O–H groups in total. The van der Waals surface area contributed by atoms with Crippen LogP contribution >= 0.6 is 0 Å². The Morgan fingerprint density at radius 2 is 2.04 bits per heavy atom. The summed E-state index contributed by atoms with van der Waals surface area (Å²) in [6.45, 7) is 2.45. The molecule has 1 aliphatic rings. The Labute approximate surface area is 153 Å². The molecular formula is C17H24N2O6S. The number of nitrogens with one attached hydrogen (secondary N) is 1. The summed E-state index contributed by atoms with van der Waals surface area (Å²) in [5.41, 5.74) is 0.800. The predicted molar refractivity (Wildman–Crippen MR) is 95.2 cm³/mol. The first kappa shape index (κ1) is 20.3. The van der Waals surface area contributed by atoms with E-state index in [4.69, 9.17) is 5.11 Å². The van der Waals surface area contributed by atoms with E-state index < -0.39 is 22.0 Å². The molecule has 0 aromatic heterocycles. The number of carboxylic acids is 1. The first-order chi connectivity index (χ1) is 12.2. The number of aliphatic carboxylic acids is 1. The molecule has 1 aromatic rings. The summed E-state index contributed by atoms with van der Waals surface area (Å²) in [5, 5.41) is 8.89.